The van der Waals surface area contributed by atoms with Crippen LogP contribution < -0.4 is 0 Å². The van der Waals surface area contributed by atoms with Gasteiger partial charge in [0.15, 0.2) is 0 Å². The molecule has 0 unspecified atom stereocenters. The van der Waals surface area contributed by atoms with Gasteiger partial charge >= 0.3 is 0 Å². The first-order chi connectivity index (χ1) is 6.28. The molecule has 0 aromatic heterocycles. The van der Waals surface area contributed by atoms with Gasteiger partial charge in [-0.25, -0.2) is 0 Å². The lowest BCUT2D eigenvalue weighted by molar-refractivity contribution is 0.263. The number of rotatable bonds is 2. The van der Waals surface area contributed by atoms with E-state index in [4.69, 9.17) is 11.6 Å². The SMILES string of the molecule is CCN1CC[C@@]2(CC[C@@H](CCl)C2)C1. The van der Waals surface area contributed by atoms with Gasteiger partial charge in [-0.2, -0.15) is 0 Å². The highest BCUT2D eigenvalue weighted by molar-refractivity contribution is 6.18. The van der Waals surface area contributed by atoms with Gasteiger partial charge in [0.25, 0.3) is 0 Å². The van der Waals surface area contributed by atoms with Gasteiger partial charge in [-0.3, -0.25) is 0 Å². The summed E-state index contributed by atoms with van der Waals surface area (Å²) in [5.41, 5.74) is 0.676. The Balaban J connectivity index is 1.93. The molecule has 2 aliphatic rings. The minimum atomic E-state index is 0.676. The summed E-state index contributed by atoms with van der Waals surface area (Å²) in [5, 5.41) is 0. The van der Waals surface area contributed by atoms with E-state index in [0.29, 0.717) is 5.41 Å². The number of likely N-dealkylation sites (tertiary alicyclic amines) is 1. The van der Waals surface area contributed by atoms with Gasteiger partial charge in [0.05, 0.1) is 0 Å². The molecule has 1 aliphatic heterocycles. The molecule has 0 bridgehead atoms. The van der Waals surface area contributed by atoms with Crippen molar-refractivity contribution in [3.63, 3.8) is 0 Å². The fourth-order valence-corrected chi connectivity index (χ4v) is 3.39. The summed E-state index contributed by atoms with van der Waals surface area (Å²) in [6.45, 7) is 6.17. The molecule has 0 aromatic rings. The zero-order chi connectivity index (χ0) is 9.31. The van der Waals surface area contributed by atoms with Crippen LogP contribution in [0.5, 0.6) is 0 Å². The summed E-state index contributed by atoms with van der Waals surface area (Å²) >= 11 is 5.93. The van der Waals surface area contributed by atoms with Crippen molar-refractivity contribution in [1.29, 1.82) is 0 Å². The number of nitrogens with zero attached hydrogens (tertiary/aromatic N) is 1. The monoisotopic (exact) mass is 201 g/mol. The van der Waals surface area contributed by atoms with Crippen LogP contribution in [0, 0.1) is 11.3 Å². The van der Waals surface area contributed by atoms with E-state index in [9.17, 15) is 0 Å². The van der Waals surface area contributed by atoms with E-state index in [1.807, 2.05) is 0 Å². The highest BCUT2D eigenvalue weighted by Gasteiger charge is 2.42. The quantitative estimate of drug-likeness (QED) is 0.622. The van der Waals surface area contributed by atoms with Crippen molar-refractivity contribution in [2.45, 2.75) is 32.6 Å². The average molecular weight is 202 g/mol. The molecule has 1 heterocycles. The molecule has 0 aromatic carbocycles. The van der Waals surface area contributed by atoms with Crippen LogP contribution >= 0.6 is 11.6 Å². The van der Waals surface area contributed by atoms with Crippen LogP contribution in [0.4, 0.5) is 0 Å². The molecule has 0 N–H and O–H groups in total. The number of alkyl halides is 1. The van der Waals surface area contributed by atoms with Gasteiger partial charge in [0.2, 0.25) is 0 Å². The standard InChI is InChI=1S/C11H20ClN/c1-2-13-6-5-11(9-13)4-3-10(7-11)8-12/h10H,2-9H2,1H3/t10-,11-/m1/s1. The van der Waals surface area contributed by atoms with Crippen LogP contribution in [-0.2, 0) is 0 Å². The van der Waals surface area contributed by atoms with E-state index < -0.39 is 0 Å². The smallest absolute Gasteiger partial charge is 0.0251 e. The Morgan fingerprint density at radius 1 is 1.46 bits per heavy atom. The molecule has 1 aliphatic carbocycles. The molecular formula is C11H20ClN. The maximum Gasteiger partial charge on any atom is 0.0251 e. The first kappa shape index (κ1) is 9.79. The highest BCUT2D eigenvalue weighted by Crippen LogP contribution is 2.48. The van der Waals surface area contributed by atoms with E-state index in [2.05, 4.69) is 11.8 Å². The van der Waals surface area contributed by atoms with E-state index >= 15 is 0 Å². The van der Waals surface area contributed by atoms with Gasteiger partial charge in [0.1, 0.15) is 0 Å². The van der Waals surface area contributed by atoms with Crippen molar-refractivity contribution in [2.24, 2.45) is 11.3 Å². The Morgan fingerprint density at radius 3 is 2.85 bits per heavy atom. The van der Waals surface area contributed by atoms with Gasteiger partial charge < -0.3 is 4.90 Å². The second-order valence-corrected chi connectivity index (χ2v) is 5.19. The summed E-state index contributed by atoms with van der Waals surface area (Å²) in [6.07, 6.45) is 5.63. The van der Waals surface area contributed by atoms with Crippen molar-refractivity contribution in [3.8, 4) is 0 Å². The fraction of sp³-hybridized carbons (Fsp3) is 1.00. The molecule has 1 spiro atoms. The van der Waals surface area contributed by atoms with Gasteiger partial charge in [-0.05, 0) is 50.1 Å². The molecule has 1 saturated carbocycles. The first-order valence-corrected chi connectivity index (χ1v) is 6.10. The molecule has 0 amide bonds. The van der Waals surface area contributed by atoms with Crippen LogP contribution in [0.2, 0.25) is 0 Å². The van der Waals surface area contributed by atoms with Crippen molar-refractivity contribution >= 4 is 11.6 Å². The predicted molar refractivity (Wildman–Crippen MR) is 57.2 cm³/mol. The van der Waals surface area contributed by atoms with Gasteiger partial charge in [-0.1, -0.05) is 6.92 Å². The largest absolute Gasteiger partial charge is 0.303 e. The van der Waals surface area contributed by atoms with Crippen LogP contribution in [0.3, 0.4) is 0 Å². The number of hydrogen-bond acceptors (Lipinski definition) is 1. The van der Waals surface area contributed by atoms with Crippen LogP contribution in [0.15, 0.2) is 0 Å². The fourth-order valence-electron chi connectivity index (χ4n) is 3.13. The topological polar surface area (TPSA) is 3.24 Å². The molecular weight excluding hydrogens is 182 g/mol. The van der Waals surface area contributed by atoms with Crippen molar-refractivity contribution in [3.05, 3.63) is 0 Å². The van der Waals surface area contributed by atoms with Crippen LogP contribution in [0.1, 0.15) is 32.6 Å². The minimum Gasteiger partial charge on any atom is -0.303 e. The molecule has 1 nitrogen and oxygen atoms in total. The van der Waals surface area contributed by atoms with Crippen molar-refractivity contribution in [2.75, 3.05) is 25.5 Å². The molecule has 13 heavy (non-hydrogen) atoms. The van der Waals surface area contributed by atoms with Crippen molar-refractivity contribution in [1.82, 2.24) is 4.90 Å². The maximum atomic E-state index is 5.93. The number of hydrogen-bond donors (Lipinski definition) is 0. The molecule has 1 saturated heterocycles. The minimum absolute atomic E-state index is 0.676. The highest BCUT2D eigenvalue weighted by atomic mass is 35.5. The molecule has 0 radical (unpaired) electrons. The summed E-state index contributed by atoms with van der Waals surface area (Å²) in [7, 11) is 0. The van der Waals surface area contributed by atoms with Crippen molar-refractivity contribution < 1.29 is 0 Å². The third kappa shape index (κ3) is 1.87. The van der Waals surface area contributed by atoms with Crippen LogP contribution in [0.25, 0.3) is 0 Å². The summed E-state index contributed by atoms with van der Waals surface area (Å²) < 4.78 is 0. The second kappa shape index (κ2) is 3.78. The third-order valence-corrected chi connectivity index (χ3v) is 4.42. The third-order valence-electron chi connectivity index (χ3n) is 3.99. The van der Waals surface area contributed by atoms with E-state index in [1.165, 1.54) is 45.3 Å². The van der Waals surface area contributed by atoms with E-state index in [0.717, 1.165) is 11.8 Å². The molecule has 2 fully saturated rings. The lowest BCUT2D eigenvalue weighted by atomic mass is 9.85. The Labute approximate surface area is 86.4 Å². The zero-order valence-electron chi connectivity index (χ0n) is 8.56. The maximum absolute atomic E-state index is 5.93. The summed E-state index contributed by atoms with van der Waals surface area (Å²) in [5.74, 6) is 1.70. The lowest BCUT2D eigenvalue weighted by Crippen LogP contribution is -2.25. The normalized spacial score (nSPS) is 40.6. The Bertz CT molecular complexity index is 161. The summed E-state index contributed by atoms with van der Waals surface area (Å²) in [4.78, 5) is 2.59. The Hall–Kier alpha value is 0.250. The molecule has 2 heteroatoms. The van der Waals surface area contributed by atoms with Gasteiger partial charge in [-0.15, -0.1) is 11.6 Å². The number of halogens is 1. The molecule has 76 valence electrons. The van der Waals surface area contributed by atoms with Crippen LogP contribution in [-0.4, -0.2) is 30.4 Å². The van der Waals surface area contributed by atoms with E-state index in [1.54, 1.807) is 0 Å². The average Bonchev–Trinajstić information content (AvgIpc) is 2.74. The molecule has 2 atom stereocenters. The van der Waals surface area contributed by atoms with Gasteiger partial charge in [0, 0.05) is 12.4 Å². The molecule has 2 rings (SSSR count). The summed E-state index contributed by atoms with van der Waals surface area (Å²) in [6, 6.07) is 0. The Morgan fingerprint density at radius 2 is 2.31 bits per heavy atom. The Kier molecular flexibility index (Phi) is 2.85. The zero-order valence-corrected chi connectivity index (χ0v) is 9.32. The lowest BCUT2D eigenvalue weighted by Gasteiger charge is -2.23. The van der Waals surface area contributed by atoms with E-state index in [-0.39, 0.29) is 0 Å². The first-order valence-electron chi connectivity index (χ1n) is 5.56. The predicted octanol–water partition coefficient (Wildman–Crippen LogP) is 2.74. The second-order valence-electron chi connectivity index (χ2n) is 4.88.